The second-order valence-electron chi connectivity index (χ2n) is 2.99. The van der Waals surface area contributed by atoms with Crippen LogP contribution in [0.5, 0.6) is 0 Å². The Balaban J connectivity index is 2.73. The fourth-order valence-electron chi connectivity index (χ4n) is 1.29. The number of halogens is 4. The summed E-state index contributed by atoms with van der Waals surface area (Å²) < 4.78 is 24.8. The van der Waals surface area contributed by atoms with Gasteiger partial charge in [0, 0.05) is 10.4 Å². The molecule has 2 aromatic rings. The fourth-order valence-corrected chi connectivity index (χ4v) is 1.72. The summed E-state index contributed by atoms with van der Waals surface area (Å²) >= 11 is 11.6. The molecule has 0 radical (unpaired) electrons. The second-order valence-corrected chi connectivity index (χ2v) is 3.83. The highest BCUT2D eigenvalue weighted by atomic mass is 35.5. The van der Waals surface area contributed by atoms with Crippen molar-refractivity contribution < 1.29 is 8.78 Å². The zero-order chi connectivity index (χ0) is 11.0. The number of pyridine rings is 1. The van der Waals surface area contributed by atoms with Crippen molar-refractivity contribution in [3.8, 4) is 0 Å². The van der Waals surface area contributed by atoms with E-state index in [1.165, 1.54) is 0 Å². The van der Waals surface area contributed by atoms with Gasteiger partial charge in [-0.3, -0.25) is 0 Å². The van der Waals surface area contributed by atoms with Crippen LogP contribution in [0.2, 0.25) is 10.0 Å². The largest absolute Gasteiger partial charge is 0.280 e. The van der Waals surface area contributed by atoms with Crippen LogP contribution in [0.3, 0.4) is 0 Å². The van der Waals surface area contributed by atoms with E-state index >= 15 is 0 Å². The molecular weight excluding hydrogens is 243 g/mol. The Kier molecular flexibility index (Phi) is 2.76. The molecule has 0 atom stereocenters. The zero-order valence-electron chi connectivity index (χ0n) is 7.35. The molecule has 0 fully saturated rings. The number of alkyl halides is 2. The Morgan fingerprint density at radius 3 is 2.53 bits per heavy atom. The number of benzene rings is 1. The van der Waals surface area contributed by atoms with Crippen molar-refractivity contribution in [2.45, 2.75) is 6.43 Å². The van der Waals surface area contributed by atoms with Crippen LogP contribution in [-0.4, -0.2) is 4.98 Å². The molecule has 0 saturated heterocycles. The molecule has 1 aromatic heterocycles. The first-order valence-corrected chi connectivity index (χ1v) is 4.87. The summed E-state index contributed by atoms with van der Waals surface area (Å²) in [7, 11) is 0. The van der Waals surface area contributed by atoms with Gasteiger partial charge in [0.05, 0.1) is 10.5 Å². The highest BCUT2D eigenvalue weighted by molar-refractivity contribution is 6.36. The van der Waals surface area contributed by atoms with E-state index in [9.17, 15) is 8.78 Å². The average Bonchev–Trinajstić information content (AvgIpc) is 2.18. The monoisotopic (exact) mass is 247 g/mol. The number of nitrogens with zero attached hydrogens (tertiary/aromatic N) is 1. The number of fused-ring (bicyclic) bond motifs is 1. The lowest BCUT2D eigenvalue weighted by Gasteiger charge is -2.04. The van der Waals surface area contributed by atoms with Gasteiger partial charge in [0.2, 0.25) is 0 Å². The van der Waals surface area contributed by atoms with Gasteiger partial charge in [-0.15, -0.1) is 0 Å². The van der Waals surface area contributed by atoms with Crippen molar-refractivity contribution in [1.82, 2.24) is 4.98 Å². The van der Waals surface area contributed by atoms with E-state index in [1.807, 2.05) is 0 Å². The standard InChI is InChI=1S/C10H5Cl2F2N/c11-5-1-2-8-6(3-5)7(12)4-9(15-8)10(13)14/h1-4,10H. The molecule has 78 valence electrons. The molecule has 1 nitrogen and oxygen atoms in total. The van der Waals surface area contributed by atoms with E-state index in [0.717, 1.165) is 6.07 Å². The molecule has 1 aromatic carbocycles. The smallest absolute Gasteiger partial charge is 0.247 e. The molecule has 5 heteroatoms. The quantitative estimate of drug-likeness (QED) is 0.724. The summed E-state index contributed by atoms with van der Waals surface area (Å²) in [5.74, 6) is 0. The van der Waals surface area contributed by atoms with Crippen molar-refractivity contribution in [2.75, 3.05) is 0 Å². The Hall–Kier alpha value is -0.930. The van der Waals surface area contributed by atoms with Crippen molar-refractivity contribution in [2.24, 2.45) is 0 Å². The van der Waals surface area contributed by atoms with Crippen molar-refractivity contribution in [3.05, 3.63) is 40.0 Å². The fraction of sp³-hybridized carbons (Fsp3) is 0.100. The Labute approximate surface area is 94.6 Å². The van der Waals surface area contributed by atoms with Gasteiger partial charge in [-0.1, -0.05) is 23.2 Å². The van der Waals surface area contributed by atoms with Gasteiger partial charge in [-0.25, -0.2) is 13.8 Å². The van der Waals surface area contributed by atoms with Crippen molar-refractivity contribution >= 4 is 34.1 Å². The molecule has 0 unspecified atom stereocenters. The molecule has 0 aliphatic rings. The minimum atomic E-state index is -2.62. The lowest BCUT2D eigenvalue weighted by atomic mass is 10.2. The Bertz CT molecular complexity index is 514. The number of rotatable bonds is 1. The molecule has 0 aliphatic carbocycles. The summed E-state index contributed by atoms with van der Waals surface area (Å²) in [6, 6.07) is 5.91. The summed E-state index contributed by atoms with van der Waals surface area (Å²) in [5, 5.41) is 1.31. The van der Waals surface area contributed by atoms with Crippen molar-refractivity contribution in [3.63, 3.8) is 0 Å². The predicted molar refractivity (Wildman–Crippen MR) is 56.7 cm³/mol. The van der Waals surface area contributed by atoms with Crippen LogP contribution < -0.4 is 0 Å². The number of aromatic nitrogens is 1. The van der Waals surface area contributed by atoms with Gasteiger partial charge < -0.3 is 0 Å². The summed E-state index contributed by atoms with van der Waals surface area (Å²) in [4.78, 5) is 3.78. The third kappa shape index (κ3) is 2.03. The SMILES string of the molecule is FC(F)c1cc(Cl)c2cc(Cl)ccc2n1. The Morgan fingerprint density at radius 2 is 1.87 bits per heavy atom. The molecule has 0 saturated carbocycles. The zero-order valence-corrected chi connectivity index (χ0v) is 8.86. The molecule has 0 bridgehead atoms. The summed E-state index contributed by atoms with van der Waals surface area (Å²) in [5.41, 5.74) is 0.0945. The van der Waals surface area contributed by atoms with E-state index < -0.39 is 6.43 Å². The third-order valence-corrected chi connectivity index (χ3v) is 2.51. The van der Waals surface area contributed by atoms with Crippen LogP contribution in [0.25, 0.3) is 10.9 Å². The molecule has 1 heterocycles. The van der Waals surface area contributed by atoms with Crippen LogP contribution in [0, 0.1) is 0 Å². The maximum Gasteiger partial charge on any atom is 0.280 e. The first-order valence-electron chi connectivity index (χ1n) is 4.12. The molecular formula is C10H5Cl2F2N. The average molecular weight is 248 g/mol. The molecule has 0 aliphatic heterocycles. The van der Waals surface area contributed by atoms with Gasteiger partial charge in [0.15, 0.2) is 0 Å². The van der Waals surface area contributed by atoms with Crippen molar-refractivity contribution in [1.29, 1.82) is 0 Å². The highest BCUT2D eigenvalue weighted by Gasteiger charge is 2.12. The molecule has 0 spiro atoms. The van der Waals surface area contributed by atoms with Crippen LogP contribution in [0.1, 0.15) is 12.1 Å². The van der Waals surface area contributed by atoms with Gasteiger partial charge >= 0.3 is 0 Å². The van der Waals surface area contributed by atoms with Crippen LogP contribution in [0.15, 0.2) is 24.3 Å². The van der Waals surface area contributed by atoms with Gasteiger partial charge in [0.25, 0.3) is 6.43 Å². The Morgan fingerprint density at radius 1 is 1.13 bits per heavy atom. The van der Waals surface area contributed by atoms with Crippen LogP contribution in [0.4, 0.5) is 8.78 Å². The predicted octanol–water partition coefficient (Wildman–Crippen LogP) is 4.48. The van der Waals surface area contributed by atoms with Crippen LogP contribution >= 0.6 is 23.2 Å². The van der Waals surface area contributed by atoms with E-state index in [0.29, 0.717) is 15.9 Å². The molecule has 15 heavy (non-hydrogen) atoms. The van der Waals surface area contributed by atoms with Crippen LogP contribution in [-0.2, 0) is 0 Å². The number of hydrogen-bond donors (Lipinski definition) is 0. The summed E-state index contributed by atoms with van der Waals surface area (Å²) in [6.07, 6.45) is -2.62. The van der Waals surface area contributed by atoms with E-state index in [-0.39, 0.29) is 10.7 Å². The maximum atomic E-state index is 12.4. The highest BCUT2D eigenvalue weighted by Crippen LogP contribution is 2.29. The van der Waals surface area contributed by atoms with Gasteiger partial charge in [-0.05, 0) is 24.3 Å². The third-order valence-electron chi connectivity index (χ3n) is 1.96. The first kappa shape index (κ1) is 10.6. The molecule has 0 amide bonds. The van der Waals surface area contributed by atoms with E-state index in [1.54, 1.807) is 18.2 Å². The minimum Gasteiger partial charge on any atom is -0.247 e. The van der Waals surface area contributed by atoms with E-state index in [2.05, 4.69) is 4.98 Å². The topological polar surface area (TPSA) is 12.9 Å². The number of hydrogen-bond acceptors (Lipinski definition) is 1. The lowest BCUT2D eigenvalue weighted by Crippen LogP contribution is -1.91. The van der Waals surface area contributed by atoms with Gasteiger partial charge in [-0.2, -0.15) is 0 Å². The first-order chi connectivity index (χ1) is 7.08. The second kappa shape index (κ2) is 3.91. The summed E-state index contributed by atoms with van der Waals surface area (Å²) in [6.45, 7) is 0. The maximum absolute atomic E-state index is 12.4. The normalized spacial score (nSPS) is 11.3. The lowest BCUT2D eigenvalue weighted by molar-refractivity contribution is 0.146. The molecule has 2 rings (SSSR count). The van der Waals surface area contributed by atoms with E-state index in [4.69, 9.17) is 23.2 Å². The molecule has 0 N–H and O–H groups in total. The van der Waals surface area contributed by atoms with Gasteiger partial charge in [0.1, 0.15) is 5.69 Å². The minimum absolute atomic E-state index is 0.234.